The molecule has 11 heteroatoms. The summed E-state index contributed by atoms with van der Waals surface area (Å²) < 4.78 is 47.1. The third-order valence-corrected chi connectivity index (χ3v) is 6.39. The Morgan fingerprint density at radius 1 is 1.09 bits per heavy atom. The number of hydrogen-bond donors (Lipinski definition) is 3. The third kappa shape index (κ3) is 5.18. The fraction of sp³-hybridized carbons (Fsp3) is 0.375. The van der Waals surface area contributed by atoms with Crippen LogP contribution in [-0.2, 0) is 6.18 Å². The van der Waals surface area contributed by atoms with E-state index in [-0.39, 0.29) is 17.0 Å². The Morgan fingerprint density at radius 2 is 1.77 bits per heavy atom. The Balaban J connectivity index is 1.49. The summed E-state index contributed by atoms with van der Waals surface area (Å²) in [5.41, 5.74) is 5.46. The van der Waals surface area contributed by atoms with Crippen LogP contribution in [0, 0.1) is 5.41 Å². The summed E-state index contributed by atoms with van der Waals surface area (Å²) in [5.74, 6) is -1.49. The summed E-state index contributed by atoms with van der Waals surface area (Å²) in [6, 6.07) is 8.68. The molecule has 2 aromatic rings. The van der Waals surface area contributed by atoms with Crippen LogP contribution in [-0.4, -0.2) is 56.0 Å². The van der Waals surface area contributed by atoms with E-state index in [1.165, 1.54) is 12.1 Å². The largest absolute Gasteiger partial charge is 0.490 e. The lowest BCUT2D eigenvalue weighted by molar-refractivity contribution is -0.138. The molecule has 4 rings (SSSR count). The Hall–Kier alpha value is -3.76. The molecular formula is C24H26F3N5O3. The van der Waals surface area contributed by atoms with Gasteiger partial charge in [-0.2, -0.15) is 13.2 Å². The summed E-state index contributed by atoms with van der Waals surface area (Å²) in [5, 5.41) is 9.10. The summed E-state index contributed by atoms with van der Waals surface area (Å²) in [6.45, 7) is 1.91. The van der Waals surface area contributed by atoms with E-state index in [0.29, 0.717) is 43.9 Å². The normalized spacial score (nSPS) is 16.3. The molecule has 0 atom stereocenters. The van der Waals surface area contributed by atoms with Gasteiger partial charge >= 0.3 is 6.18 Å². The fourth-order valence-corrected chi connectivity index (χ4v) is 4.56. The molecule has 186 valence electrons. The van der Waals surface area contributed by atoms with E-state index < -0.39 is 29.5 Å². The van der Waals surface area contributed by atoms with Crippen molar-refractivity contribution in [3.63, 3.8) is 0 Å². The van der Waals surface area contributed by atoms with Gasteiger partial charge in [-0.05, 0) is 54.7 Å². The average Bonchev–Trinajstić information content (AvgIpc) is 2.82. The third-order valence-electron chi connectivity index (χ3n) is 6.39. The van der Waals surface area contributed by atoms with Gasteiger partial charge < -0.3 is 20.3 Å². The number of alkyl halides is 3. The quantitative estimate of drug-likeness (QED) is 0.453. The van der Waals surface area contributed by atoms with Crippen molar-refractivity contribution >= 4 is 23.5 Å². The summed E-state index contributed by atoms with van der Waals surface area (Å²) in [6.07, 6.45) is -3.94. The maximum atomic E-state index is 13.8. The number of carbonyl (C=O) groups is 2. The van der Waals surface area contributed by atoms with E-state index in [0.717, 1.165) is 18.3 Å². The smallest absolute Gasteiger partial charge is 0.416 e. The SMILES string of the molecule is CN1CCOc2cc(C(=O)N3CCC(c4ccc(C(=O)NC(=N)N)cc4C(F)(F)F)CC3)ccc21. The Bertz CT molecular complexity index is 1160. The van der Waals surface area contributed by atoms with Gasteiger partial charge in [-0.15, -0.1) is 0 Å². The second-order valence-electron chi connectivity index (χ2n) is 8.69. The number of likely N-dealkylation sites (N-methyl/N-ethyl adjacent to an activating group) is 1. The highest BCUT2D eigenvalue weighted by Crippen LogP contribution is 2.40. The second kappa shape index (κ2) is 9.47. The van der Waals surface area contributed by atoms with Crippen LogP contribution in [0.5, 0.6) is 5.75 Å². The van der Waals surface area contributed by atoms with Gasteiger partial charge in [0, 0.05) is 31.3 Å². The van der Waals surface area contributed by atoms with Gasteiger partial charge in [0.1, 0.15) is 12.4 Å². The van der Waals surface area contributed by atoms with E-state index in [4.69, 9.17) is 15.9 Å². The highest BCUT2D eigenvalue weighted by Gasteiger charge is 2.37. The molecule has 0 bridgehead atoms. The molecule has 0 aliphatic carbocycles. The first-order chi connectivity index (χ1) is 16.5. The number of piperidine rings is 1. The fourth-order valence-electron chi connectivity index (χ4n) is 4.56. The zero-order valence-corrected chi connectivity index (χ0v) is 19.1. The van der Waals surface area contributed by atoms with Crippen molar-refractivity contribution in [3.05, 3.63) is 58.7 Å². The highest BCUT2D eigenvalue weighted by molar-refractivity contribution is 6.04. The van der Waals surface area contributed by atoms with Crippen molar-refractivity contribution in [3.8, 4) is 5.75 Å². The van der Waals surface area contributed by atoms with Crippen LogP contribution in [0.3, 0.4) is 0 Å². The zero-order chi connectivity index (χ0) is 25.3. The summed E-state index contributed by atoms with van der Waals surface area (Å²) >= 11 is 0. The molecule has 8 nitrogen and oxygen atoms in total. The number of likely N-dealkylation sites (tertiary alicyclic amines) is 1. The van der Waals surface area contributed by atoms with E-state index in [9.17, 15) is 22.8 Å². The molecule has 35 heavy (non-hydrogen) atoms. The molecule has 2 aromatic carbocycles. The lowest BCUT2D eigenvalue weighted by Crippen LogP contribution is -2.38. The number of nitrogens with one attached hydrogen (secondary N) is 2. The van der Waals surface area contributed by atoms with Gasteiger partial charge in [0.15, 0.2) is 5.96 Å². The number of halogens is 3. The Kier molecular flexibility index (Phi) is 6.60. The minimum Gasteiger partial charge on any atom is -0.490 e. The average molecular weight is 489 g/mol. The molecule has 0 aromatic heterocycles. The van der Waals surface area contributed by atoms with Crippen molar-refractivity contribution in [1.82, 2.24) is 10.2 Å². The van der Waals surface area contributed by atoms with Crippen molar-refractivity contribution < 1.29 is 27.5 Å². The minimum atomic E-state index is -4.66. The molecule has 2 aliphatic rings. The van der Waals surface area contributed by atoms with Crippen LogP contribution >= 0.6 is 0 Å². The van der Waals surface area contributed by atoms with Crippen molar-refractivity contribution in [2.75, 3.05) is 38.2 Å². The molecule has 0 spiro atoms. The van der Waals surface area contributed by atoms with Crippen LogP contribution in [0.4, 0.5) is 18.9 Å². The predicted molar refractivity (Wildman–Crippen MR) is 124 cm³/mol. The van der Waals surface area contributed by atoms with Gasteiger partial charge in [-0.1, -0.05) is 6.07 Å². The number of rotatable bonds is 3. The molecular weight excluding hydrogens is 463 g/mol. The first-order valence-corrected chi connectivity index (χ1v) is 11.2. The van der Waals surface area contributed by atoms with Crippen LogP contribution in [0.1, 0.15) is 50.6 Å². The van der Waals surface area contributed by atoms with E-state index >= 15 is 0 Å². The predicted octanol–water partition coefficient (Wildman–Crippen LogP) is 3.18. The molecule has 4 N–H and O–H groups in total. The number of benzene rings is 2. The van der Waals surface area contributed by atoms with Gasteiger partial charge in [0.2, 0.25) is 0 Å². The van der Waals surface area contributed by atoms with Gasteiger partial charge in [-0.25, -0.2) is 0 Å². The molecule has 2 amide bonds. The second-order valence-corrected chi connectivity index (χ2v) is 8.69. The van der Waals surface area contributed by atoms with E-state index in [1.807, 2.05) is 23.3 Å². The van der Waals surface area contributed by atoms with Crippen LogP contribution in [0.15, 0.2) is 36.4 Å². The number of ether oxygens (including phenoxy) is 1. The van der Waals surface area contributed by atoms with Gasteiger partial charge in [0.05, 0.1) is 17.8 Å². The number of nitrogens with zero attached hydrogens (tertiary/aromatic N) is 2. The van der Waals surface area contributed by atoms with Gasteiger partial charge in [-0.3, -0.25) is 20.3 Å². The van der Waals surface area contributed by atoms with E-state index in [1.54, 1.807) is 17.0 Å². The molecule has 1 fully saturated rings. The van der Waals surface area contributed by atoms with Crippen LogP contribution in [0.25, 0.3) is 0 Å². The summed E-state index contributed by atoms with van der Waals surface area (Å²) in [4.78, 5) is 28.8. The van der Waals surface area contributed by atoms with Crippen LogP contribution < -0.4 is 20.7 Å². The molecule has 0 saturated carbocycles. The van der Waals surface area contributed by atoms with Crippen molar-refractivity contribution in [2.45, 2.75) is 24.9 Å². The maximum Gasteiger partial charge on any atom is 0.416 e. The molecule has 1 saturated heterocycles. The van der Waals surface area contributed by atoms with Crippen molar-refractivity contribution in [2.24, 2.45) is 5.73 Å². The highest BCUT2D eigenvalue weighted by atomic mass is 19.4. The number of fused-ring (bicyclic) bond motifs is 1. The Labute approximate surface area is 200 Å². The molecule has 2 heterocycles. The Morgan fingerprint density at radius 3 is 2.43 bits per heavy atom. The molecule has 2 aliphatic heterocycles. The van der Waals surface area contributed by atoms with Gasteiger partial charge in [0.25, 0.3) is 11.8 Å². The number of hydrogen-bond acceptors (Lipinski definition) is 5. The first-order valence-electron chi connectivity index (χ1n) is 11.2. The molecule has 0 radical (unpaired) electrons. The first kappa shape index (κ1) is 24.4. The number of amides is 2. The maximum absolute atomic E-state index is 13.8. The summed E-state index contributed by atoms with van der Waals surface area (Å²) in [7, 11) is 1.95. The van der Waals surface area contributed by atoms with E-state index in [2.05, 4.69) is 0 Å². The van der Waals surface area contributed by atoms with Crippen molar-refractivity contribution in [1.29, 1.82) is 5.41 Å². The standard InChI is InChI=1S/C24H26F3N5O3/c1-31-10-11-35-20-13-16(3-5-19(20)31)22(34)32-8-6-14(7-9-32)17-4-2-15(21(33)30-23(28)29)12-18(17)24(25,26)27/h2-5,12-14H,6-11H2,1H3,(H4,28,29,30,33). The number of guanidine groups is 1. The topological polar surface area (TPSA) is 112 Å². The van der Waals surface area contributed by atoms with Crippen LogP contribution in [0.2, 0.25) is 0 Å². The number of anilines is 1. The molecule has 0 unspecified atom stereocenters. The zero-order valence-electron chi connectivity index (χ0n) is 19.1. The lowest BCUT2D eigenvalue weighted by atomic mass is 9.85. The monoisotopic (exact) mass is 489 g/mol. The minimum absolute atomic E-state index is 0.0918. The number of carbonyl (C=O) groups excluding carboxylic acids is 2. The lowest BCUT2D eigenvalue weighted by Gasteiger charge is -2.34. The number of nitrogens with two attached hydrogens (primary N) is 1.